The molecule has 0 N–H and O–H groups in total. The molecule has 0 bridgehead atoms. The quantitative estimate of drug-likeness (QED) is 0.462. The lowest BCUT2D eigenvalue weighted by molar-refractivity contribution is 0.0549. The van der Waals surface area contributed by atoms with Gasteiger partial charge in [0, 0.05) is 6.20 Å². The van der Waals surface area contributed by atoms with Gasteiger partial charge in [-0.05, 0) is 6.07 Å². The molecule has 0 amide bonds. The fourth-order valence-electron chi connectivity index (χ4n) is 0.593. The summed E-state index contributed by atoms with van der Waals surface area (Å²) < 4.78 is 4.61. The number of ether oxygens (including phenoxy) is 1. The smallest absolute Gasteiger partial charge is 0.358 e. The molecule has 0 unspecified atom stereocenters. The SMILES string of the molecule is C#CCOC(=O)c1ccncn1. The van der Waals surface area contributed by atoms with Crippen molar-refractivity contribution in [3.8, 4) is 12.3 Å². The van der Waals surface area contributed by atoms with Crippen molar-refractivity contribution in [3.05, 3.63) is 24.3 Å². The van der Waals surface area contributed by atoms with Gasteiger partial charge in [0.2, 0.25) is 0 Å². The van der Waals surface area contributed by atoms with E-state index in [1.54, 1.807) is 0 Å². The normalized spacial score (nSPS) is 8.58. The van der Waals surface area contributed by atoms with Crippen LogP contribution in [0.3, 0.4) is 0 Å². The van der Waals surface area contributed by atoms with E-state index in [-0.39, 0.29) is 12.3 Å². The zero-order valence-corrected chi connectivity index (χ0v) is 6.23. The van der Waals surface area contributed by atoms with Crippen LogP contribution in [0.4, 0.5) is 0 Å². The van der Waals surface area contributed by atoms with Crippen molar-refractivity contribution in [2.75, 3.05) is 6.61 Å². The Hall–Kier alpha value is -1.89. The number of hydrogen-bond acceptors (Lipinski definition) is 4. The van der Waals surface area contributed by atoms with Gasteiger partial charge in [0.1, 0.15) is 6.33 Å². The summed E-state index contributed by atoms with van der Waals surface area (Å²) in [5, 5.41) is 0. The maximum absolute atomic E-state index is 11.0. The number of aromatic nitrogens is 2. The first-order chi connectivity index (χ1) is 5.84. The molecule has 0 fully saturated rings. The van der Waals surface area contributed by atoms with Crippen LogP contribution in [0.2, 0.25) is 0 Å². The van der Waals surface area contributed by atoms with Gasteiger partial charge in [-0.3, -0.25) is 0 Å². The second-order valence-corrected chi connectivity index (χ2v) is 1.87. The lowest BCUT2D eigenvalue weighted by atomic mass is 10.4. The lowest BCUT2D eigenvalue weighted by Gasteiger charge is -1.97. The van der Waals surface area contributed by atoms with Crippen LogP contribution >= 0.6 is 0 Å². The Morgan fingerprint density at radius 1 is 1.75 bits per heavy atom. The first-order valence-electron chi connectivity index (χ1n) is 3.21. The number of carbonyl (C=O) groups is 1. The fourth-order valence-corrected chi connectivity index (χ4v) is 0.593. The third-order valence-corrected chi connectivity index (χ3v) is 1.08. The van der Waals surface area contributed by atoms with E-state index < -0.39 is 5.97 Å². The molecular weight excluding hydrogens is 156 g/mol. The highest BCUT2D eigenvalue weighted by Gasteiger charge is 2.05. The molecule has 4 heteroatoms. The number of terminal acetylenes is 1. The molecule has 0 saturated heterocycles. The van der Waals surface area contributed by atoms with Crippen molar-refractivity contribution in [2.24, 2.45) is 0 Å². The molecule has 1 rings (SSSR count). The lowest BCUT2D eigenvalue weighted by Crippen LogP contribution is -2.07. The van der Waals surface area contributed by atoms with Crippen molar-refractivity contribution in [3.63, 3.8) is 0 Å². The molecule has 1 aromatic rings. The van der Waals surface area contributed by atoms with Gasteiger partial charge >= 0.3 is 5.97 Å². The Labute approximate surface area is 69.6 Å². The van der Waals surface area contributed by atoms with Crippen LogP contribution in [-0.2, 0) is 4.74 Å². The third kappa shape index (κ3) is 2.06. The second-order valence-electron chi connectivity index (χ2n) is 1.87. The van der Waals surface area contributed by atoms with Crippen molar-refractivity contribution in [1.29, 1.82) is 0 Å². The summed E-state index contributed by atoms with van der Waals surface area (Å²) in [7, 11) is 0. The molecule has 0 aliphatic carbocycles. The van der Waals surface area contributed by atoms with E-state index in [0.717, 1.165) is 0 Å². The van der Waals surface area contributed by atoms with Crippen molar-refractivity contribution >= 4 is 5.97 Å². The van der Waals surface area contributed by atoms with Crippen LogP contribution in [0.25, 0.3) is 0 Å². The highest BCUT2D eigenvalue weighted by Crippen LogP contribution is 1.93. The Balaban J connectivity index is 2.61. The summed E-state index contributed by atoms with van der Waals surface area (Å²) in [5.41, 5.74) is 0.209. The van der Waals surface area contributed by atoms with Crippen molar-refractivity contribution in [1.82, 2.24) is 9.97 Å². The summed E-state index contributed by atoms with van der Waals surface area (Å²) in [5.74, 6) is 1.65. The number of hydrogen-bond donors (Lipinski definition) is 0. The van der Waals surface area contributed by atoms with Crippen molar-refractivity contribution in [2.45, 2.75) is 0 Å². The summed E-state index contributed by atoms with van der Waals surface area (Å²) in [4.78, 5) is 18.3. The average molecular weight is 162 g/mol. The van der Waals surface area contributed by atoms with E-state index in [1.165, 1.54) is 18.6 Å². The summed E-state index contributed by atoms with van der Waals surface area (Å²) in [6, 6.07) is 1.46. The van der Waals surface area contributed by atoms with Gasteiger partial charge < -0.3 is 4.74 Å². The standard InChI is InChI=1S/C8H6N2O2/c1-2-5-12-8(11)7-3-4-9-6-10-7/h1,3-4,6H,5H2. The van der Waals surface area contributed by atoms with E-state index in [0.29, 0.717) is 0 Å². The molecule has 0 aromatic carbocycles. The van der Waals surface area contributed by atoms with E-state index in [4.69, 9.17) is 6.42 Å². The molecule has 0 saturated carbocycles. The van der Waals surface area contributed by atoms with Crippen LogP contribution in [0.5, 0.6) is 0 Å². The van der Waals surface area contributed by atoms with Crippen LogP contribution in [0, 0.1) is 12.3 Å². The van der Waals surface area contributed by atoms with Crippen LogP contribution in [0.15, 0.2) is 18.6 Å². The van der Waals surface area contributed by atoms with Gasteiger partial charge in [0.15, 0.2) is 12.3 Å². The fraction of sp³-hybridized carbons (Fsp3) is 0.125. The summed E-state index contributed by atoms with van der Waals surface area (Å²) in [6.07, 6.45) is 7.62. The number of rotatable bonds is 2. The Morgan fingerprint density at radius 2 is 2.58 bits per heavy atom. The topological polar surface area (TPSA) is 52.1 Å². The Bertz CT molecular complexity index is 303. The van der Waals surface area contributed by atoms with Gasteiger partial charge in [-0.2, -0.15) is 0 Å². The van der Waals surface area contributed by atoms with Gasteiger partial charge in [0.25, 0.3) is 0 Å². The van der Waals surface area contributed by atoms with Gasteiger partial charge in [0.05, 0.1) is 0 Å². The number of nitrogens with zero attached hydrogens (tertiary/aromatic N) is 2. The van der Waals surface area contributed by atoms with Gasteiger partial charge in [-0.15, -0.1) is 6.42 Å². The molecule has 12 heavy (non-hydrogen) atoms. The minimum Gasteiger partial charge on any atom is -0.448 e. The molecule has 0 aliphatic rings. The van der Waals surface area contributed by atoms with Crippen LogP contribution < -0.4 is 0 Å². The maximum atomic E-state index is 11.0. The van der Waals surface area contributed by atoms with E-state index in [2.05, 4.69) is 20.6 Å². The van der Waals surface area contributed by atoms with Gasteiger partial charge in [-0.25, -0.2) is 14.8 Å². The van der Waals surface area contributed by atoms with Gasteiger partial charge in [-0.1, -0.05) is 5.92 Å². The minimum atomic E-state index is -0.532. The summed E-state index contributed by atoms with van der Waals surface area (Å²) in [6.45, 7) is -0.0389. The Kier molecular flexibility index (Phi) is 2.79. The molecule has 1 aromatic heterocycles. The first-order valence-corrected chi connectivity index (χ1v) is 3.21. The largest absolute Gasteiger partial charge is 0.448 e. The van der Waals surface area contributed by atoms with E-state index >= 15 is 0 Å². The molecule has 0 atom stereocenters. The van der Waals surface area contributed by atoms with Crippen molar-refractivity contribution < 1.29 is 9.53 Å². The third-order valence-electron chi connectivity index (χ3n) is 1.08. The predicted octanol–water partition coefficient (Wildman–Crippen LogP) is 0.267. The number of esters is 1. The minimum absolute atomic E-state index is 0.0389. The highest BCUT2D eigenvalue weighted by molar-refractivity contribution is 5.87. The monoisotopic (exact) mass is 162 g/mol. The summed E-state index contributed by atoms with van der Waals surface area (Å²) >= 11 is 0. The van der Waals surface area contributed by atoms with E-state index in [9.17, 15) is 4.79 Å². The molecule has 0 spiro atoms. The zero-order chi connectivity index (χ0) is 8.81. The van der Waals surface area contributed by atoms with E-state index in [1.807, 2.05) is 0 Å². The maximum Gasteiger partial charge on any atom is 0.358 e. The molecule has 0 radical (unpaired) electrons. The highest BCUT2D eigenvalue weighted by atomic mass is 16.5. The molecular formula is C8H6N2O2. The number of carbonyl (C=O) groups excluding carboxylic acids is 1. The molecule has 0 aliphatic heterocycles. The zero-order valence-electron chi connectivity index (χ0n) is 6.23. The first kappa shape index (κ1) is 8.21. The molecule has 4 nitrogen and oxygen atoms in total. The average Bonchev–Trinajstić information content (AvgIpc) is 2.15. The predicted molar refractivity (Wildman–Crippen MR) is 41.1 cm³/mol. The molecule has 1 heterocycles. The Morgan fingerprint density at radius 3 is 3.17 bits per heavy atom. The molecule has 60 valence electrons. The van der Waals surface area contributed by atoms with Crippen LogP contribution in [0.1, 0.15) is 10.5 Å². The van der Waals surface area contributed by atoms with Crippen LogP contribution in [-0.4, -0.2) is 22.5 Å². The second kappa shape index (κ2) is 4.09.